The maximum atomic E-state index is 11.9. The zero-order valence-corrected chi connectivity index (χ0v) is 17.5. The monoisotopic (exact) mass is 424 g/mol. The summed E-state index contributed by atoms with van der Waals surface area (Å²) in [5, 5.41) is 22.9. The summed E-state index contributed by atoms with van der Waals surface area (Å²) in [5.41, 5.74) is 0. The van der Waals surface area contributed by atoms with E-state index in [4.69, 9.17) is 14.9 Å². The Bertz CT molecular complexity index is 426. The van der Waals surface area contributed by atoms with Crippen molar-refractivity contribution in [2.45, 2.75) is 38.1 Å². The SMILES string of the molecule is COC(=O)[C@H](CCCCNC(=O)CCSCCO)NC(=O)CCSCCO. The summed E-state index contributed by atoms with van der Waals surface area (Å²) < 4.78 is 4.73. The Labute approximate surface area is 169 Å². The van der Waals surface area contributed by atoms with E-state index in [2.05, 4.69) is 10.6 Å². The molecule has 0 radical (unpaired) electrons. The third-order valence-electron chi connectivity index (χ3n) is 3.48. The zero-order chi connectivity index (χ0) is 20.3. The molecular weight excluding hydrogens is 392 g/mol. The first-order valence-corrected chi connectivity index (χ1v) is 11.4. The van der Waals surface area contributed by atoms with Crippen LogP contribution in [0.3, 0.4) is 0 Å². The first-order chi connectivity index (χ1) is 13.0. The number of thioether (sulfide) groups is 2. The quantitative estimate of drug-likeness (QED) is 0.192. The van der Waals surface area contributed by atoms with Gasteiger partial charge in [-0.15, -0.1) is 0 Å². The van der Waals surface area contributed by atoms with Crippen molar-refractivity contribution in [1.82, 2.24) is 10.6 Å². The molecule has 0 aliphatic carbocycles. The van der Waals surface area contributed by atoms with E-state index in [-0.39, 0.29) is 31.4 Å². The number of rotatable bonds is 17. The van der Waals surface area contributed by atoms with Gasteiger partial charge in [0.15, 0.2) is 0 Å². The number of amides is 2. The Morgan fingerprint density at radius 1 is 0.926 bits per heavy atom. The van der Waals surface area contributed by atoms with Crippen LogP contribution in [0.1, 0.15) is 32.1 Å². The number of methoxy groups -OCH3 is 1. The fourth-order valence-electron chi connectivity index (χ4n) is 2.11. The summed E-state index contributed by atoms with van der Waals surface area (Å²) >= 11 is 3.01. The predicted molar refractivity (Wildman–Crippen MR) is 109 cm³/mol. The van der Waals surface area contributed by atoms with Crippen LogP contribution in [-0.2, 0) is 19.1 Å². The van der Waals surface area contributed by atoms with E-state index in [1.807, 2.05) is 0 Å². The van der Waals surface area contributed by atoms with E-state index in [1.165, 1.54) is 30.6 Å². The molecule has 0 aliphatic heterocycles. The number of aliphatic hydroxyl groups excluding tert-OH is 2. The molecule has 0 bridgehead atoms. The van der Waals surface area contributed by atoms with Crippen LogP contribution in [0.25, 0.3) is 0 Å². The summed E-state index contributed by atoms with van der Waals surface area (Å²) in [6, 6.07) is -0.684. The van der Waals surface area contributed by atoms with Crippen molar-refractivity contribution in [3.05, 3.63) is 0 Å². The van der Waals surface area contributed by atoms with Gasteiger partial charge >= 0.3 is 5.97 Å². The Hall–Kier alpha value is -0.970. The van der Waals surface area contributed by atoms with Crippen LogP contribution in [0.15, 0.2) is 0 Å². The summed E-state index contributed by atoms with van der Waals surface area (Å²) in [6.45, 7) is 0.712. The lowest BCUT2D eigenvalue weighted by atomic mass is 10.1. The van der Waals surface area contributed by atoms with Gasteiger partial charge in [0.1, 0.15) is 6.04 Å². The standard InChI is InChI=1S/C17H32N2O6S2/c1-25-17(24)14(19-16(23)6-11-27-13-9-21)4-2-3-7-18-15(22)5-10-26-12-8-20/h14,20-21H,2-13H2,1H3,(H,18,22)(H,19,23)/t14-/m0/s1. The molecule has 10 heteroatoms. The molecule has 0 aliphatic rings. The van der Waals surface area contributed by atoms with Crippen molar-refractivity contribution < 1.29 is 29.3 Å². The topological polar surface area (TPSA) is 125 Å². The van der Waals surface area contributed by atoms with Crippen molar-refractivity contribution >= 4 is 41.3 Å². The van der Waals surface area contributed by atoms with E-state index >= 15 is 0 Å². The second-order valence-electron chi connectivity index (χ2n) is 5.66. The lowest BCUT2D eigenvalue weighted by molar-refractivity contribution is -0.145. The highest BCUT2D eigenvalue weighted by molar-refractivity contribution is 7.99. The molecule has 8 nitrogen and oxygen atoms in total. The molecule has 0 unspecified atom stereocenters. The normalized spacial score (nSPS) is 11.7. The fraction of sp³-hybridized carbons (Fsp3) is 0.824. The number of nitrogens with one attached hydrogen (secondary N) is 2. The molecule has 0 spiro atoms. The van der Waals surface area contributed by atoms with Gasteiger partial charge in [-0.05, 0) is 19.3 Å². The average Bonchev–Trinajstić information content (AvgIpc) is 2.66. The van der Waals surface area contributed by atoms with Crippen molar-refractivity contribution in [2.24, 2.45) is 0 Å². The first kappa shape index (κ1) is 26.0. The van der Waals surface area contributed by atoms with E-state index in [0.717, 1.165) is 0 Å². The first-order valence-electron chi connectivity index (χ1n) is 9.06. The van der Waals surface area contributed by atoms with Gasteiger partial charge in [0.25, 0.3) is 0 Å². The third-order valence-corrected chi connectivity index (χ3v) is 5.41. The number of carbonyl (C=O) groups is 3. The molecule has 0 aromatic rings. The van der Waals surface area contributed by atoms with Crippen LogP contribution in [-0.4, -0.2) is 83.9 Å². The largest absolute Gasteiger partial charge is 0.467 e. The van der Waals surface area contributed by atoms with Crippen molar-refractivity contribution in [1.29, 1.82) is 0 Å². The summed E-state index contributed by atoms with van der Waals surface area (Å²) in [7, 11) is 1.29. The molecule has 2 amide bonds. The Morgan fingerprint density at radius 2 is 1.52 bits per heavy atom. The summed E-state index contributed by atoms with van der Waals surface area (Å²) in [5.74, 6) is 1.76. The molecule has 158 valence electrons. The van der Waals surface area contributed by atoms with Gasteiger partial charge in [0.2, 0.25) is 11.8 Å². The van der Waals surface area contributed by atoms with Crippen LogP contribution in [0.4, 0.5) is 0 Å². The number of hydrogen-bond donors (Lipinski definition) is 4. The minimum atomic E-state index is -0.684. The molecule has 0 heterocycles. The highest BCUT2D eigenvalue weighted by atomic mass is 32.2. The van der Waals surface area contributed by atoms with Gasteiger partial charge in [-0.3, -0.25) is 9.59 Å². The predicted octanol–water partition coefficient (Wildman–Crippen LogP) is 0.162. The average molecular weight is 425 g/mol. The van der Waals surface area contributed by atoms with Crippen LogP contribution in [0, 0.1) is 0 Å². The number of unbranched alkanes of at least 4 members (excludes halogenated alkanes) is 1. The molecule has 1 atom stereocenters. The van der Waals surface area contributed by atoms with Crippen LogP contribution in [0.5, 0.6) is 0 Å². The molecule has 0 saturated carbocycles. The van der Waals surface area contributed by atoms with Gasteiger partial charge in [0.05, 0.1) is 20.3 Å². The minimum Gasteiger partial charge on any atom is -0.467 e. The number of aliphatic hydroxyl groups is 2. The number of carbonyl (C=O) groups excluding carboxylic acids is 3. The molecule has 4 N–H and O–H groups in total. The van der Waals surface area contributed by atoms with E-state index in [9.17, 15) is 14.4 Å². The lowest BCUT2D eigenvalue weighted by Gasteiger charge is -2.16. The highest BCUT2D eigenvalue weighted by Crippen LogP contribution is 2.06. The van der Waals surface area contributed by atoms with Crippen molar-refractivity contribution in [3.63, 3.8) is 0 Å². The molecule has 0 rings (SSSR count). The maximum absolute atomic E-state index is 11.9. The van der Waals surface area contributed by atoms with Crippen molar-refractivity contribution in [2.75, 3.05) is 49.9 Å². The zero-order valence-electron chi connectivity index (χ0n) is 15.9. The van der Waals surface area contributed by atoms with E-state index in [1.54, 1.807) is 0 Å². The number of hydrogen-bond acceptors (Lipinski definition) is 8. The molecule has 27 heavy (non-hydrogen) atoms. The van der Waals surface area contributed by atoms with Crippen LogP contribution in [0.2, 0.25) is 0 Å². The molecule has 0 fully saturated rings. The van der Waals surface area contributed by atoms with Crippen LogP contribution >= 0.6 is 23.5 Å². The highest BCUT2D eigenvalue weighted by Gasteiger charge is 2.20. The van der Waals surface area contributed by atoms with Gasteiger partial charge in [-0.2, -0.15) is 23.5 Å². The molecular formula is C17H32N2O6S2. The Balaban J connectivity index is 3.95. The van der Waals surface area contributed by atoms with Crippen molar-refractivity contribution in [3.8, 4) is 0 Å². The summed E-state index contributed by atoms with van der Waals surface area (Å²) in [6.07, 6.45) is 2.51. The Morgan fingerprint density at radius 3 is 2.07 bits per heavy atom. The lowest BCUT2D eigenvalue weighted by Crippen LogP contribution is -2.41. The molecule has 0 saturated heterocycles. The van der Waals surface area contributed by atoms with Gasteiger partial charge in [-0.25, -0.2) is 4.79 Å². The third kappa shape index (κ3) is 15.8. The second-order valence-corrected chi connectivity index (χ2v) is 8.11. The smallest absolute Gasteiger partial charge is 0.328 e. The van der Waals surface area contributed by atoms with E-state index < -0.39 is 12.0 Å². The maximum Gasteiger partial charge on any atom is 0.328 e. The fourth-order valence-corrected chi connectivity index (χ4v) is 3.44. The number of esters is 1. The van der Waals surface area contributed by atoms with Gasteiger partial charge < -0.3 is 25.6 Å². The van der Waals surface area contributed by atoms with Crippen LogP contribution < -0.4 is 10.6 Å². The second kappa shape index (κ2) is 18.4. The summed E-state index contributed by atoms with van der Waals surface area (Å²) in [4.78, 5) is 35.3. The van der Waals surface area contributed by atoms with E-state index in [0.29, 0.717) is 55.2 Å². The minimum absolute atomic E-state index is 0.0290. The van der Waals surface area contributed by atoms with Gasteiger partial charge in [0, 0.05) is 42.4 Å². The molecule has 0 aromatic heterocycles. The number of ether oxygens (including phenoxy) is 1. The van der Waals surface area contributed by atoms with Gasteiger partial charge in [-0.1, -0.05) is 0 Å². The molecule has 0 aromatic carbocycles. The Kier molecular flexibility index (Phi) is 17.7.